The minimum absolute atomic E-state index is 0.404. The molecule has 3 aromatic rings. The summed E-state index contributed by atoms with van der Waals surface area (Å²) in [6.07, 6.45) is 0. The van der Waals surface area contributed by atoms with Crippen molar-refractivity contribution in [2.75, 3.05) is 0 Å². The van der Waals surface area contributed by atoms with Crippen LogP contribution in [0.5, 0.6) is 0 Å². The van der Waals surface area contributed by atoms with Crippen molar-refractivity contribution in [3.63, 3.8) is 0 Å². The molecule has 2 unspecified atom stereocenters. The summed E-state index contributed by atoms with van der Waals surface area (Å²) in [6.45, 7) is 5.12. The van der Waals surface area contributed by atoms with E-state index in [-0.39, 0.29) is 0 Å². The maximum atomic E-state index is 2.36. The molecule has 0 fully saturated rings. The lowest BCUT2D eigenvalue weighted by molar-refractivity contribution is 0.893. The van der Waals surface area contributed by atoms with Crippen molar-refractivity contribution in [2.24, 2.45) is 0 Å². The van der Waals surface area contributed by atoms with E-state index in [0.29, 0.717) is 18.5 Å². The maximum Gasteiger partial charge on any atom is 0.242 e. The fourth-order valence-corrected chi connectivity index (χ4v) is 4.84. The molecule has 1 heteroatoms. The van der Waals surface area contributed by atoms with Gasteiger partial charge in [0, 0.05) is 11.8 Å². The van der Waals surface area contributed by atoms with E-state index in [2.05, 4.69) is 80.6 Å². The van der Waals surface area contributed by atoms with Gasteiger partial charge in [-0.15, -0.1) is 0 Å². The summed E-state index contributed by atoms with van der Waals surface area (Å²) in [4.78, 5) is 0. The van der Waals surface area contributed by atoms with Gasteiger partial charge in [0.15, 0.2) is 0 Å². The van der Waals surface area contributed by atoms with E-state index in [0.717, 1.165) is 0 Å². The zero-order valence-corrected chi connectivity index (χ0v) is 13.6. The highest BCUT2D eigenvalue weighted by molar-refractivity contribution is 6.97. The molecule has 2 aliphatic rings. The lowest BCUT2D eigenvalue weighted by Crippen LogP contribution is -2.62. The summed E-state index contributed by atoms with van der Waals surface area (Å²) < 4.78 is 0. The summed E-state index contributed by atoms with van der Waals surface area (Å²) in [7, 11) is 0. The summed E-state index contributed by atoms with van der Waals surface area (Å²) in [5.41, 5.74) is 10.6. The van der Waals surface area contributed by atoms with E-state index in [1.165, 1.54) is 33.2 Å². The Morgan fingerprint density at radius 2 is 1.00 bits per heavy atom. The highest BCUT2D eigenvalue weighted by Crippen LogP contribution is 2.34. The van der Waals surface area contributed by atoms with Crippen LogP contribution in [0, 0.1) is 0 Å². The van der Waals surface area contributed by atoms with Crippen molar-refractivity contribution in [2.45, 2.75) is 25.7 Å². The van der Waals surface area contributed by atoms with E-state index in [1.54, 1.807) is 5.46 Å². The summed E-state index contributed by atoms with van der Waals surface area (Å²) in [5, 5.41) is 0. The molecule has 0 radical (unpaired) electrons. The lowest BCUT2D eigenvalue weighted by atomic mass is 9.29. The number of rotatable bonds is 0. The second-order valence-electron chi connectivity index (χ2n) is 6.98. The second kappa shape index (κ2) is 4.61. The van der Waals surface area contributed by atoms with E-state index in [1.807, 2.05) is 0 Å². The van der Waals surface area contributed by atoms with Crippen LogP contribution in [0.25, 0.3) is 0 Å². The number of fused-ring (bicyclic) bond motifs is 4. The van der Waals surface area contributed by atoms with Gasteiger partial charge in [-0.3, -0.25) is 0 Å². The number of benzene rings is 3. The Morgan fingerprint density at radius 3 is 1.52 bits per heavy atom. The Hall–Kier alpha value is -2.28. The highest BCUT2D eigenvalue weighted by atomic mass is 14.3. The van der Waals surface area contributed by atoms with Gasteiger partial charge in [-0.1, -0.05) is 97.0 Å². The van der Waals surface area contributed by atoms with Crippen molar-refractivity contribution in [3.8, 4) is 0 Å². The zero-order valence-electron chi connectivity index (χ0n) is 13.6. The Labute approximate surface area is 138 Å². The molecule has 0 aromatic heterocycles. The zero-order chi connectivity index (χ0) is 15.6. The van der Waals surface area contributed by atoms with Gasteiger partial charge in [0.2, 0.25) is 6.71 Å². The van der Waals surface area contributed by atoms with Crippen LogP contribution in [0.2, 0.25) is 0 Å². The topological polar surface area (TPSA) is 0 Å². The van der Waals surface area contributed by atoms with Gasteiger partial charge in [0.1, 0.15) is 0 Å². The second-order valence-corrected chi connectivity index (χ2v) is 6.98. The first kappa shape index (κ1) is 13.2. The minimum Gasteiger partial charge on any atom is -0.0667 e. The Kier molecular flexibility index (Phi) is 2.64. The third kappa shape index (κ3) is 1.63. The van der Waals surface area contributed by atoms with E-state index >= 15 is 0 Å². The molecule has 2 heterocycles. The van der Waals surface area contributed by atoms with Crippen LogP contribution in [0.1, 0.15) is 47.9 Å². The van der Waals surface area contributed by atoms with Crippen molar-refractivity contribution in [1.29, 1.82) is 0 Å². The SMILES string of the molecule is CC1c2ccccc2B2c3ccccc3C(C)c3cccc1c32. The molecule has 110 valence electrons. The molecule has 0 aliphatic carbocycles. The first-order chi connectivity index (χ1) is 11.3. The third-order valence-electron chi connectivity index (χ3n) is 5.94. The van der Waals surface area contributed by atoms with E-state index in [9.17, 15) is 0 Å². The number of hydrogen-bond acceptors (Lipinski definition) is 0. The maximum absolute atomic E-state index is 2.36. The van der Waals surface area contributed by atoms with Crippen LogP contribution in [0.4, 0.5) is 0 Å². The summed E-state index contributed by atoms with van der Waals surface area (Å²) in [6, 6.07) is 25.0. The normalized spacial score (nSPS) is 20.5. The molecule has 5 rings (SSSR count). The van der Waals surface area contributed by atoms with Gasteiger partial charge in [-0.25, -0.2) is 0 Å². The van der Waals surface area contributed by atoms with Gasteiger partial charge in [0.05, 0.1) is 0 Å². The highest BCUT2D eigenvalue weighted by Gasteiger charge is 2.40. The standard InChI is InChI=1S/C22H19B/c1-14-16-8-3-5-12-20(16)23-21-13-6-4-9-17(21)15(2)19-11-7-10-18(14)22(19)23/h3-15H,1-2H3. The fraction of sp³-hybridized carbons (Fsp3) is 0.182. The van der Waals surface area contributed by atoms with Gasteiger partial charge >= 0.3 is 0 Å². The molecule has 0 saturated carbocycles. The molecule has 2 atom stereocenters. The lowest BCUT2D eigenvalue weighted by Gasteiger charge is -2.39. The summed E-state index contributed by atoms with van der Waals surface area (Å²) in [5.74, 6) is 0.963. The smallest absolute Gasteiger partial charge is 0.0667 e. The first-order valence-corrected chi connectivity index (χ1v) is 8.57. The molecular weight excluding hydrogens is 275 g/mol. The van der Waals surface area contributed by atoms with E-state index < -0.39 is 0 Å². The summed E-state index contributed by atoms with van der Waals surface area (Å²) >= 11 is 0. The third-order valence-corrected chi connectivity index (χ3v) is 5.94. The minimum atomic E-state index is 0.404. The molecule has 0 bridgehead atoms. The predicted molar refractivity (Wildman–Crippen MR) is 99.0 cm³/mol. The van der Waals surface area contributed by atoms with Gasteiger partial charge in [-0.2, -0.15) is 0 Å². The fourth-order valence-electron chi connectivity index (χ4n) is 4.84. The molecular formula is C22H19B. The molecule has 0 amide bonds. The predicted octanol–water partition coefficient (Wildman–Crippen LogP) is 3.13. The van der Waals surface area contributed by atoms with Crippen molar-refractivity contribution < 1.29 is 0 Å². The quantitative estimate of drug-likeness (QED) is 0.559. The molecule has 0 nitrogen and oxygen atoms in total. The average molecular weight is 294 g/mol. The monoisotopic (exact) mass is 294 g/mol. The van der Waals surface area contributed by atoms with Crippen LogP contribution >= 0.6 is 0 Å². The number of hydrogen-bond donors (Lipinski definition) is 0. The Bertz CT molecular complexity index is 853. The molecule has 0 N–H and O–H groups in total. The molecule has 0 spiro atoms. The van der Waals surface area contributed by atoms with Crippen molar-refractivity contribution >= 4 is 23.1 Å². The van der Waals surface area contributed by atoms with Crippen LogP contribution in [-0.2, 0) is 0 Å². The molecule has 3 aromatic carbocycles. The van der Waals surface area contributed by atoms with E-state index in [4.69, 9.17) is 0 Å². The van der Waals surface area contributed by atoms with Crippen LogP contribution < -0.4 is 16.4 Å². The Morgan fingerprint density at radius 1 is 0.565 bits per heavy atom. The van der Waals surface area contributed by atoms with Gasteiger partial charge in [-0.05, 0) is 22.3 Å². The van der Waals surface area contributed by atoms with Crippen molar-refractivity contribution in [1.82, 2.24) is 0 Å². The average Bonchev–Trinajstić information content (AvgIpc) is 2.61. The first-order valence-electron chi connectivity index (χ1n) is 8.57. The Balaban J connectivity index is 1.92. The van der Waals surface area contributed by atoms with Gasteiger partial charge in [0.25, 0.3) is 0 Å². The molecule has 2 aliphatic heterocycles. The van der Waals surface area contributed by atoms with Crippen LogP contribution in [-0.4, -0.2) is 6.71 Å². The van der Waals surface area contributed by atoms with Crippen LogP contribution in [0.3, 0.4) is 0 Å². The molecule has 0 saturated heterocycles. The largest absolute Gasteiger partial charge is 0.242 e. The van der Waals surface area contributed by atoms with Crippen molar-refractivity contribution in [3.05, 3.63) is 89.0 Å². The molecule has 23 heavy (non-hydrogen) atoms. The van der Waals surface area contributed by atoms with Crippen LogP contribution in [0.15, 0.2) is 66.7 Å². The van der Waals surface area contributed by atoms with Gasteiger partial charge < -0.3 is 0 Å².